The van der Waals surface area contributed by atoms with Crippen LogP contribution in [0, 0.1) is 6.92 Å². The van der Waals surface area contributed by atoms with Crippen molar-refractivity contribution in [2.45, 2.75) is 13.0 Å². The molecule has 3 rings (SSSR count). The number of rotatable bonds is 3. The molecule has 1 N–H and O–H groups in total. The highest BCUT2D eigenvalue weighted by molar-refractivity contribution is 5.87. The molecule has 2 heteroatoms. The fourth-order valence-electron chi connectivity index (χ4n) is 3.01. The lowest BCUT2D eigenvalue weighted by molar-refractivity contribution is 0.344. The van der Waals surface area contributed by atoms with Gasteiger partial charge in [-0.2, -0.15) is 0 Å². The number of H-pyrrole nitrogens is 1. The SMILES string of the molecule is Cc1cccc2[nH]cc(C(c3ccccc3)N(C)C)c12. The van der Waals surface area contributed by atoms with E-state index in [4.69, 9.17) is 0 Å². The molecule has 102 valence electrons. The molecule has 20 heavy (non-hydrogen) atoms. The number of aryl methyl sites for hydroxylation is 1. The second-order valence-electron chi connectivity index (χ2n) is 5.52. The Labute approximate surface area is 120 Å². The zero-order valence-corrected chi connectivity index (χ0v) is 12.2. The van der Waals surface area contributed by atoms with Crippen LogP contribution in [-0.2, 0) is 0 Å². The van der Waals surface area contributed by atoms with Gasteiger partial charge in [0.15, 0.2) is 0 Å². The number of aromatic amines is 1. The quantitative estimate of drug-likeness (QED) is 0.753. The number of fused-ring (bicyclic) bond motifs is 1. The van der Waals surface area contributed by atoms with Crippen LogP contribution in [0.1, 0.15) is 22.7 Å². The number of nitrogens with one attached hydrogen (secondary N) is 1. The van der Waals surface area contributed by atoms with Crippen molar-refractivity contribution in [3.63, 3.8) is 0 Å². The molecule has 2 nitrogen and oxygen atoms in total. The van der Waals surface area contributed by atoms with Crippen LogP contribution < -0.4 is 0 Å². The van der Waals surface area contributed by atoms with Gasteiger partial charge in [0.25, 0.3) is 0 Å². The molecule has 0 saturated heterocycles. The van der Waals surface area contributed by atoms with Crippen molar-refractivity contribution in [2.24, 2.45) is 0 Å². The van der Waals surface area contributed by atoms with E-state index >= 15 is 0 Å². The van der Waals surface area contributed by atoms with E-state index in [1.165, 1.54) is 27.6 Å². The molecule has 0 aliphatic carbocycles. The van der Waals surface area contributed by atoms with Gasteiger partial charge in [0, 0.05) is 17.1 Å². The lowest BCUT2D eigenvalue weighted by atomic mass is 9.95. The Morgan fingerprint density at radius 2 is 1.70 bits per heavy atom. The molecule has 0 aliphatic heterocycles. The van der Waals surface area contributed by atoms with Crippen LogP contribution in [0.4, 0.5) is 0 Å². The minimum atomic E-state index is 0.269. The largest absolute Gasteiger partial charge is 0.361 e. The zero-order chi connectivity index (χ0) is 14.1. The first-order valence-electron chi connectivity index (χ1n) is 6.96. The van der Waals surface area contributed by atoms with Crippen LogP contribution in [0.15, 0.2) is 54.7 Å². The van der Waals surface area contributed by atoms with Gasteiger partial charge < -0.3 is 4.98 Å². The summed E-state index contributed by atoms with van der Waals surface area (Å²) >= 11 is 0. The van der Waals surface area contributed by atoms with Crippen molar-refractivity contribution in [3.8, 4) is 0 Å². The van der Waals surface area contributed by atoms with E-state index in [9.17, 15) is 0 Å². The first kappa shape index (κ1) is 12.9. The van der Waals surface area contributed by atoms with E-state index < -0.39 is 0 Å². The van der Waals surface area contributed by atoms with E-state index in [1.807, 2.05) is 0 Å². The van der Waals surface area contributed by atoms with E-state index in [2.05, 4.69) is 85.6 Å². The van der Waals surface area contributed by atoms with Gasteiger partial charge in [-0.25, -0.2) is 0 Å². The normalized spacial score (nSPS) is 13.0. The van der Waals surface area contributed by atoms with Crippen molar-refractivity contribution in [1.29, 1.82) is 0 Å². The predicted octanol–water partition coefficient (Wildman–Crippen LogP) is 4.13. The Bertz CT molecular complexity index is 711. The second kappa shape index (κ2) is 5.14. The number of benzene rings is 2. The first-order chi connectivity index (χ1) is 9.68. The number of hydrogen-bond acceptors (Lipinski definition) is 1. The van der Waals surface area contributed by atoms with Gasteiger partial charge in [0.1, 0.15) is 0 Å². The van der Waals surface area contributed by atoms with Crippen LogP contribution >= 0.6 is 0 Å². The maximum Gasteiger partial charge on any atom is 0.0618 e. The molecule has 0 bridgehead atoms. The van der Waals surface area contributed by atoms with Crippen LogP contribution in [-0.4, -0.2) is 24.0 Å². The summed E-state index contributed by atoms with van der Waals surface area (Å²) in [5, 5.41) is 1.34. The van der Waals surface area contributed by atoms with Crippen molar-refractivity contribution >= 4 is 10.9 Å². The van der Waals surface area contributed by atoms with Gasteiger partial charge in [-0.1, -0.05) is 42.5 Å². The Kier molecular flexibility index (Phi) is 3.33. The fourth-order valence-corrected chi connectivity index (χ4v) is 3.01. The summed E-state index contributed by atoms with van der Waals surface area (Å²) in [5.41, 5.74) is 5.19. The van der Waals surface area contributed by atoms with Gasteiger partial charge in [0.2, 0.25) is 0 Å². The third-order valence-electron chi connectivity index (χ3n) is 3.87. The summed E-state index contributed by atoms with van der Waals surface area (Å²) < 4.78 is 0. The monoisotopic (exact) mass is 264 g/mol. The highest BCUT2D eigenvalue weighted by Gasteiger charge is 2.20. The average Bonchev–Trinajstić information content (AvgIpc) is 2.85. The van der Waals surface area contributed by atoms with Crippen LogP contribution in [0.5, 0.6) is 0 Å². The fraction of sp³-hybridized carbons (Fsp3) is 0.222. The lowest BCUT2D eigenvalue weighted by Crippen LogP contribution is -2.20. The summed E-state index contributed by atoms with van der Waals surface area (Å²) in [6.45, 7) is 2.18. The standard InChI is InChI=1S/C18H20N2/c1-13-8-7-11-16-17(13)15(12-19-16)18(20(2)3)14-9-5-4-6-10-14/h4-12,18-19H,1-3H3. The smallest absolute Gasteiger partial charge is 0.0618 e. The van der Waals surface area contributed by atoms with Gasteiger partial charge >= 0.3 is 0 Å². The van der Waals surface area contributed by atoms with Crippen molar-refractivity contribution in [1.82, 2.24) is 9.88 Å². The molecule has 0 fully saturated rings. The third-order valence-corrected chi connectivity index (χ3v) is 3.87. The summed E-state index contributed by atoms with van der Waals surface area (Å²) in [5.74, 6) is 0. The molecule has 1 aromatic heterocycles. The lowest BCUT2D eigenvalue weighted by Gasteiger charge is -2.25. The van der Waals surface area contributed by atoms with E-state index in [0.29, 0.717) is 0 Å². The van der Waals surface area contributed by atoms with Crippen LogP contribution in [0.25, 0.3) is 10.9 Å². The van der Waals surface area contributed by atoms with E-state index in [0.717, 1.165) is 0 Å². The molecule has 1 atom stereocenters. The van der Waals surface area contributed by atoms with Gasteiger partial charge in [-0.05, 0) is 43.8 Å². The Hall–Kier alpha value is -2.06. The highest BCUT2D eigenvalue weighted by atomic mass is 15.1. The molecule has 0 radical (unpaired) electrons. The minimum absolute atomic E-state index is 0.269. The summed E-state index contributed by atoms with van der Waals surface area (Å²) in [4.78, 5) is 5.68. The van der Waals surface area contributed by atoms with Crippen molar-refractivity contribution in [3.05, 3.63) is 71.4 Å². The molecule has 1 heterocycles. The minimum Gasteiger partial charge on any atom is -0.361 e. The molecular formula is C18H20N2. The van der Waals surface area contributed by atoms with Gasteiger partial charge in [-0.3, -0.25) is 4.90 Å². The maximum absolute atomic E-state index is 3.41. The Morgan fingerprint density at radius 1 is 0.950 bits per heavy atom. The Balaban J connectivity index is 2.21. The zero-order valence-electron chi connectivity index (χ0n) is 12.2. The predicted molar refractivity (Wildman–Crippen MR) is 85.0 cm³/mol. The number of nitrogens with zero attached hydrogens (tertiary/aromatic N) is 1. The maximum atomic E-state index is 3.41. The van der Waals surface area contributed by atoms with E-state index in [1.54, 1.807) is 0 Å². The van der Waals surface area contributed by atoms with Gasteiger partial charge in [0.05, 0.1) is 6.04 Å². The van der Waals surface area contributed by atoms with Crippen molar-refractivity contribution < 1.29 is 0 Å². The molecular weight excluding hydrogens is 244 g/mol. The topological polar surface area (TPSA) is 19.0 Å². The molecule has 1 unspecified atom stereocenters. The number of aromatic nitrogens is 1. The summed E-state index contributed by atoms with van der Waals surface area (Å²) in [6.07, 6.45) is 2.15. The van der Waals surface area contributed by atoms with E-state index in [-0.39, 0.29) is 6.04 Å². The summed E-state index contributed by atoms with van der Waals surface area (Å²) in [7, 11) is 4.27. The highest BCUT2D eigenvalue weighted by Crippen LogP contribution is 2.33. The first-order valence-corrected chi connectivity index (χ1v) is 6.96. The molecule has 0 saturated carbocycles. The van der Waals surface area contributed by atoms with Crippen LogP contribution in [0.3, 0.4) is 0 Å². The summed E-state index contributed by atoms with van der Waals surface area (Å²) in [6, 6.07) is 17.4. The molecule has 2 aromatic carbocycles. The average molecular weight is 264 g/mol. The molecule has 3 aromatic rings. The van der Waals surface area contributed by atoms with Crippen molar-refractivity contribution in [2.75, 3.05) is 14.1 Å². The van der Waals surface area contributed by atoms with Gasteiger partial charge in [-0.15, -0.1) is 0 Å². The molecule has 0 aliphatic rings. The number of hydrogen-bond donors (Lipinski definition) is 1. The Morgan fingerprint density at radius 3 is 2.40 bits per heavy atom. The second-order valence-corrected chi connectivity index (χ2v) is 5.52. The van der Waals surface area contributed by atoms with Crippen LogP contribution in [0.2, 0.25) is 0 Å². The molecule has 0 spiro atoms. The molecule has 0 amide bonds. The third kappa shape index (κ3) is 2.12.